The summed E-state index contributed by atoms with van der Waals surface area (Å²) < 4.78 is 1.08. The van der Waals surface area contributed by atoms with Crippen molar-refractivity contribution in [1.29, 1.82) is 0 Å². The van der Waals surface area contributed by atoms with Crippen molar-refractivity contribution in [2.75, 3.05) is 17.7 Å². The summed E-state index contributed by atoms with van der Waals surface area (Å²) in [6.45, 7) is 0.647. The van der Waals surface area contributed by atoms with Gasteiger partial charge in [-0.05, 0) is 35.2 Å². The van der Waals surface area contributed by atoms with Crippen LogP contribution in [0.15, 0.2) is 36.0 Å². The first kappa shape index (κ1) is 13.1. The summed E-state index contributed by atoms with van der Waals surface area (Å²) in [6, 6.07) is 7.51. The van der Waals surface area contributed by atoms with E-state index in [2.05, 4.69) is 14.9 Å². The molecule has 102 valence electrons. The minimum atomic E-state index is 0.647. The zero-order valence-corrected chi connectivity index (χ0v) is 12.4. The van der Waals surface area contributed by atoms with Crippen LogP contribution in [0.1, 0.15) is 5.56 Å². The van der Waals surface area contributed by atoms with E-state index in [0.717, 1.165) is 21.6 Å². The van der Waals surface area contributed by atoms with Crippen LogP contribution >= 0.6 is 22.9 Å². The van der Waals surface area contributed by atoms with Gasteiger partial charge < -0.3 is 10.6 Å². The summed E-state index contributed by atoms with van der Waals surface area (Å²) in [5.74, 6) is 0.906. The second-order valence-corrected chi connectivity index (χ2v) is 5.86. The molecule has 0 aliphatic carbocycles. The van der Waals surface area contributed by atoms with Crippen LogP contribution in [0.5, 0.6) is 0 Å². The van der Waals surface area contributed by atoms with E-state index in [0.29, 0.717) is 17.3 Å². The molecule has 0 aliphatic rings. The minimum Gasteiger partial charge on any atom is -0.399 e. The van der Waals surface area contributed by atoms with Gasteiger partial charge in [0.2, 0.25) is 0 Å². The Morgan fingerprint density at radius 2 is 2.15 bits per heavy atom. The molecule has 2 heterocycles. The van der Waals surface area contributed by atoms with Gasteiger partial charge in [-0.2, -0.15) is 0 Å². The molecule has 6 heteroatoms. The number of nitrogen functional groups attached to an aromatic ring is 1. The van der Waals surface area contributed by atoms with E-state index in [1.807, 2.05) is 30.6 Å². The number of rotatable bonds is 3. The van der Waals surface area contributed by atoms with Crippen molar-refractivity contribution >= 4 is 44.7 Å². The number of fused-ring (bicyclic) bond motifs is 1. The molecular formula is C14H13ClN4S. The lowest BCUT2D eigenvalue weighted by Crippen LogP contribution is -2.18. The van der Waals surface area contributed by atoms with Crippen LogP contribution in [0.4, 0.5) is 11.5 Å². The monoisotopic (exact) mass is 304 g/mol. The summed E-state index contributed by atoms with van der Waals surface area (Å²) in [4.78, 5) is 10.7. The van der Waals surface area contributed by atoms with Crippen molar-refractivity contribution in [3.8, 4) is 0 Å². The van der Waals surface area contributed by atoms with Crippen molar-refractivity contribution in [3.05, 3.63) is 46.6 Å². The maximum Gasteiger partial charge on any atom is 0.150 e. The first-order chi connectivity index (χ1) is 9.65. The molecule has 3 aromatic rings. The highest BCUT2D eigenvalue weighted by molar-refractivity contribution is 7.17. The maximum atomic E-state index is 6.21. The SMILES string of the molecule is CN(Cc1cc(N)ccc1Cl)c1ncnc2ccsc12. The van der Waals surface area contributed by atoms with Gasteiger partial charge in [0, 0.05) is 24.3 Å². The van der Waals surface area contributed by atoms with Crippen LogP contribution in [-0.2, 0) is 6.54 Å². The zero-order valence-electron chi connectivity index (χ0n) is 10.9. The van der Waals surface area contributed by atoms with Crippen LogP contribution in [0.3, 0.4) is 0 Å². The Morgan fingerprint density at radius 3 is 3.00 bits per heavy atom. The normalized spacial score (nSPS) is 10.9. The quantitative estimate of drug-likeness (QED) is 0.752. The van der Waals surface area contributed by atoms with Gasteiger partial charge in [-0.3, -0.25) is 0 Å². The topological polar surface area (TPSA) is 55.0 Å². The molecule has 0 saturated carbocycles. The van der Waals surface area contributed by atoms with Crippen molar-refractivity contribution in [2.24, 2.45) is 0 Å². The predicted octanol–water partition coefficient (Wildman–Crippen LogP) is 3.56. The van der Waals surface area contributed by atoms with Gasteiger partial charge in [-0.25, -0.2) is 9.97 Å². The number of halogens is 1. The Bertz CT molecular complexity index is 756. The number of nitrogens with two attached hydrogens (primary N) is 1. The molecule has 2 N–H and O–H groups in total. The van der Waals surface area contributed by atoms with E-state index in [4.69, 9.17) is 17.3 Å². The molecule has 0 atom stereocenters. The van der Waals surface area contributed by atoms with Crippen molar-refractivity contribution in [3.63, 3.8) is 0 Å². The maximum absolute atomic E-state index is 6.21. The number of hydrogen-bond donors (Lipinski definition) is 1. The molecule has 0 fully saturated rings. The minimum absolute atomic E-state index is 0.647. The van der Waals surface area contributed by atoms with Crippen LogP contribution < -0.4 is 10.6 Å². The second-order valence-electron chi connectivity index (χ2n) is 4.54. The first-order valence-corrected chi connectivity index (χ1v) is 7.34. The molecule has 2 aromatic heterocycles. The van der Waals surface area contributed by atoms with Crippen molar-refractivity contribution in [2.45, 2.75) is 6.54 Å². The van der Waals surface area contributed by atoms with Crippen LogP contribution in [-0.4, -0.2) is 17.0 Å². The number of thiophene rings is 1. The molecule has 0 amide bonds. The van der Waals surface area contributed by atoms with E-state index >= 15 is 0 Å². The highest BCUT2D eigenvalue weighted by Gasteiger charge is 2.11. The van der Waals surface area contributed by atoms with Crippen LogP contribution in [0.25, 0.3) is 10.2 Å². The molecule has 1 aromatic carbocycles. The number of nitrogens with zero attached hydrogens (tertiary/aromatic N) is 3. The number of benzene rings is 1. The molecule has 3 rings (SSSR count). The molecule has 0 saturated heterocycles. The van der Waals surface area contributed by atoms with E-state index in [-0.39, 0.29) is 0 Å². The summed E-state index contributed by atoms with van der Waals surface area (Å²) in [5, 5.41) is 2.73. The molecule has 0 spiro atoms. The largest absolute Gasteiger partial charge is 0.399 e. The smallest absolute Gasteiger partial charge is 0.150 e. The molecule has 0 bridgehead atoms. The summed E-state index contributed by atoms with van der Waals surface area (Å²) in [5.41, 5.74) is 8.47. The van der Waals surface area contributed by atoms with Crippen LogP contribution in [0, 0.1) is 0 Å². The van der Waals surface area contributed by atoms with E-state index in [1.54, 1.807) is 23.7 Å². The lowest BCUT2D eigenvalue weighted by molar-refractivity contribution is 0.902. The number of hydrogen-bond acceptors (Lipinski definition) is 5. The van der Waals surface area contributed by atoms with E-state index in [9.17, 15) is 0 Å². The third-order valence-corrected chi connectivity index (χ3v) is 4.33. The molecule has 20 heavy (non-hydrogen) atoms. The van der Waals surface area contributed by atoms with Gasteiger partial charge in [0.15, 0.2) is 0 Å². The summed E-state index contributed by atoms with van der Waals surface area (Å²) >= 11 is 7.85. The summed E-state index contributed by atoms with van der Waals surface area (Å²) in [6.07, 6.45) is 1.59. The molecule has 0 unspecified atom stereocenters. The Hall–Kier alpha value is -1.85. The standard InChI is InChI=1S/C14H13ClN4S/c1-19(7-9-6-10(16)2-3-11(9)15)14-13-12(4-5-20-13)17-8-18-14/h2-6,8H,7,16H2,1H3. The fourth-order valence-corrected chi connectivity index (χ4v) is 3.16. The van der Waals surface area contributed by atoms with Crippen LogP contribution in [0.2, 0.25) is 5.02 Å². The first-order valence-electron chi connectivity index (χ1n) is 6.08. The zero-order chi connectivity index (χ0) is 14.1. The lowest BCUT2D eigenvalue weighted by Gasteiger charge is -2.19. The average molecular weight is 305 g/mol. The van der Waals surface area contributed by atoms with Gasteiger partial charge in [-0.15, -0.1) is 11.3 Å². The second kappa shape index (κ2) is 5.26. The van der Waals surface area contributed by atoms with Crippen molar-refractivity contribution < 1.29 is 0 Å². The van der Waals surface area contributed by atoms with Crippen molar-refractivity contribution in [1.82, 2.24) is 9.97 Å². The number of anilines is 2. The Morgan fingerprint density at radius 1 is 1.30 bits per heavy atom. The van der Waals surface area contributed by atoms with E-state index < -0.39 is 0 Å². The van der Waals surface area contributed by atoms with Gasteiger partial charge in [0.1, 0.15) is 12.1 Å². The summed E-state index contributed by atoms with van der Waals surface area (Å²) in [7, 11) is 1.99. The molecule has 0 radical (unpaired) electrons. The predicted molar refractivity (Wildman–Crippen MR) is 85.4 cm³/mol. The van der Waals surface area contributed by atoms with Gasteiger partial charge in [0.05, 0.1) is 10.2 Å². The highest BCUT2D eigenvalue weighted by Crippen LogP contribution is 2.29. The van der Waals surface area contributed by atoms with Gasteiger partial charge in [0.25, 0.3) is 0 Å². The molecule has 0 aliphatic heterocycles. The Kier molecular flexibility index (Phi) is 3.46. The Labute approximate surface area is 125 Å². The average Bonchev–Trinajstić information content (AvgIpc) is 2.91. The Balaban J connectivity index is 1.95. The molecular weight excluding hydrogens is 292 g/mol. The fourth-order valence-electron chi connectivity index (χ4n) is 2.09. The van der Waals surface area contributed by atoms with Gasteiger partial charge >= 0.3 is 0 Å². The third kappa shape index (κ3) is 2.42. The number of aromatic nitrogens is 2. The lowest BCUT2D eigenvalue weighted by atomic mass is 10.2. The molecule has 4 nitrogen and oxygen atoms in total. The van der Waals surface area contributed by atoms with E-state index in [1.165, 1.54) is 0 Å². The third-order valence-electron chi connectivity index (χ3n) is 3.06. The highest BCUT2D eigenvalue weighted by atomic mass is 35.5. The van der Waals surface area contributed by atoms with Gasteiger partial charge in [-0.1, -0.05) is 11.6 Å². The fraction of sp³-hybridized carbons (Fsp3) is 0.143.